The number of aromatic nitrogens is 2. The van der Waals surface area contributed by atoms with Crippen molar-refractivity contribution in [2.24, 2.45) is 0 Å². The second-order valence-electron chi connectivity index (χ2n) is 5.09. The number of nitrogens with zero attached hydrogens (tertiary/aromatic N) is 2. The highest BCUT2D eigenvalue weighted by Crippen LogP contribution is 2.18. The zero-order valence-electron chi connectivity index (χ0n) is 12.1. The molecule has 5 heteroatoms. The third-order valence-electron chi connectivity index (χ3n) is 3.42. The van der Waals surface area contributed by atoms with Crippen LogP contribution in [0.25, 0.3) is 10.9 Å². The van der Waals surface area contributed by atoms with Crippen molar-refractivity contribution in [2.75, 3.05) is 0 Å². The first-order valence-corrected chi connectivity index (χ1v) is 7.74. The van der Waals surface area contributed by atoms with E-state index in [-0.39, 0.29) is 5.91 Å². The number of benzene rings is 1. The summed E-state index contributed by atoms with van der Waals surface area (Å²) < 4.78 is 2.04. The average molecular weight is 299 g/mol. The molecule has 1 aromatic carbocycles. The van der Waals surface area contributed by atoms with Crippen molar-refractivity contribution in [1.82, 2.24) is 14.9 Å². The number of rotatable bonds is 4. The van der Waals surface area contributed by atoms with Crippen LogP contribution in [-0.2, 0) is 17.9 Å². The third kappa shape index (κ3) is 2.97. The smallest absolute Gasteiger partial charge is 0.240 e. The summed E-state index contributed by atoms with van der Waals surface area (Å²) in [5.74, 6) is 0.00676. The number of amides is 1. The highest BCUT2D eigenvalue weighted by molar-refractivity contribution is 7.09. The molecule has 2 aromatic heterocycles. The number of thiazole rings is 1. The van der Waals surface area contributed by atoms with E-state index in [0.29, 0.717) is 13.1 Å². The molecule has 0 saturated carbocycles. The van der Waals surface area contributed by atoms with Gasteiger partial charge in [-0.25, -0.2) is 4.98 Å². The van der Waals surface area contributed by atoms with Gasteiger partial charge in [-0.1, -0.05) is 18.2 Å². The summed E-state index contributed by atoms with van der Waals surface area (Å²) >= 11 is 1.57. The topological polar surface area (TPSA) is 46.9 Å². The Balaban J connectivity index is 1.70. The molecule has 0 radical (unpaired) electrons. The lowest BCUT2D eigenvalue weighted by Gasteiger charge is -2.08. The van der Waals surface area contributed by atoms with Crippen LogP contribution in [0.15, 0.2) is 35.7 Å². The molecule has 0 unspecified atom stereocenters. The Morgan fingerprint density at radius 2 is 2.14 bits per heavy atom. The molecule has 0 atom stereocenters. The molecule has 0 spiro atoms. The van der Waals surface area contributed by atoms with E-state index in [4.69, 9.17) is 0 Å². The summed E-state index contributed by atoms with van der Waals surface area (Å²) in [6, 6.07) is 10.2. The average Bonchev–Trinajstić information content (AvgIpc) is 3.01. The number of carbonyl (C=O) groups excluding carboxylic acids is 1. The van der Waals surface area contributed by atoms with E-state index in [1.165, 1.54) is 5.39 Å². The van der Waals surface area contributed by atoms with Gasteiger partial charge in [0.15, 0.2) is 0 Å². The summed E-state index contributed by atoms with van der Waals surface area (Å²) in [5, 5.41) is 7.03. The maximum Gasteiger partial charge on any atom is 0.240 e. The van der Waals surface area contributed by atoms with E-state index in [1.54, 1.807) is 11.3 Å². The number of nitrogens with one attached hydrogen (secondary N) is 1. The fraction of sp³-hybridized carbons (Fsp3) is 0.250. The highest BCUT2D eigenvalue weighted by atomic mass is 32.1. The predicted octanol–water partition coefficient (Wildman–Crippen LogP) is 3.03. The van der Waals surface area contributed by atoms with Crippen molar-refractivity contribution in [1.29, 1.82) is 0 Å². The molecule has 1 amide bonds. The van der Waals surface area contributed by atoms with Crippen molar-refractivity contribution in [2.45, 2.75) is 26.9 Å². The summed E-state index contributed by atoms with van der Waals surface area (Å²) in [6.07, 6.45) is 0. The van der Waals surface area contributed by atoms with Crippen LogP contribution >= 0.6 is 11.3 Å². The van der Waals surface area contributed by atoms with Crippen LogP contribution in [0, 0.1) is 13.8 Å². The monoisotopic (exact) mass is 299 g/mol. The number of para-hydroxylation sites is 1. The summed E-state index contributed by atoms with van der Waals surface area (Å²) in [5.41, 5.74) is 3.18. The number of hydrogen-bond acceptors (Lipinski definition) is 3. The zero-order valence-corrected chi connectivity index (χ0v) is 12.9. The largest absolute Gasteiger partial charge is 0.348 e. The van der Waals surface area contributed by atoms with Gasteiger partial charge in [-0.15, -0.1) is 11.3 Å². The fourth-order valence-electron chi connectivity index (χ4n) is 2.42. The van der Waals surface area contributed by atoms with Crippen molar-refractivity contribution in [3.8, 4) is 0 Å². The molecule has 0 aliphatic rings. The third-order valence-corrected chi connectivity index (χ3v) is 4.39. The van der Waals surface area contributed by atoms with Gasteiger partial charge in [0.1, 0.15) is 11.6 Å². The van der Waals surface area contributed by atoms with Gasteiger partial charge in [-0.2, -0.15) is 0 Å². The Hall–Kier alpha value is -2.14. The molecule has 21 heavy (non-hydrogen) atoms. The molecule has 2 heterocycles. The van der Waals surface area contributed by atoms with E-state index in [1.807, 2.05) is 42.0 Å². The second kappa shape index (κ2) is 5.69. The normalized spacial score (nSPS) is 11.0. The molecular weight excluding hydrogens is 282 g/mol. The van der Waals surface area contributed by atoms with E-state index in [9.17, 15) is 4.79 Å². The minimum absolute atomic E-state index is 0.00676. The molecule has 1 N–H and O–H groups in total. The van der Waals surface area contributed by atoms with Gasteiger partial charge in [0, 0.05) is 22.3 Å². The Bertz CT molecular complexity index is 788. The minimum atomic E-state index is 0.00676. The molecule has 0 saturated heterocycles. The van der Waals surface area contributed by atoms with Crippen LogP contribution in [0.2, 0.25) is 0 Å². The summed E-state index contributed by atoms with van der Waals surface area (Å²) in [7, 11) is 0. The van der Waals surface area contributed by atoms with Gasteiger partial charge in [0.05, 0.1) is 6.54 Å². The molecular formula is C16H17N3OS. The van der Waals surface area contributed by atoms with Crippen LogP contribution in [0.5, 0.6) is 0 Å². The standard InChI is InChI=1S/C16H17N3OS/c1-11-10-21-16(18-11)8-17-15(20)9-19-12(2)7-13-5-3-4-6-14(13)19/h3-7,10H,8-9H2,1-2H3,(H,17,20). The summed E-state index contributed by atoms with van der Waals surface area (Å²) in [6.45, 7) is 4.81. The molecule has 108 valence electrons. The van der Waals surface area contributed by atoms with Crippen LogP contribution in [0.4, 0.5) is 0 Å². The number of fused-ring (bicyclic) bond motifs is 1. The van der Waals surface area contributed by atoms with Gasteiger partial charge in [-0.3, -0.25) is 4.79 Å². The quantitative estimate of drug-likeness (QED) is 0.805. The maximum absolute atomic E-state index is 12.1. The van der Waals surface area contributed by atoms with Crippen molar-refractivity contribution in [3.05, 3.63) is 52.1 Å². The van der Waals surface area contributed by atoms with Crippen LogP contribution < -0.4 is 5.32 Å². The van der Waals surface area contributed by atoms with Crippen LogP contribution in [0.3, 0.4) is 0 Å². The van der Waals surface area contributed by atoms with Gasteiger partial charge in [0.2, 0.25) is 5.91 Å². The first-order valence-electron chi connectivity index (χ1n) is 6.86. The zero-order chi connectivity index (χ0) is 14.8. The van der Waals surface area contributed by atoms with Crippen LogP contribution in [-0.4, -0.2) is 15.5 Å². The Morgan fingerprint density at radius 3 is 2.90 bits per heavy atom. The van der Waals surface area contributed by atoms with Crippen LogP contribution in [0.1, 0.15) is 16.4 Å². The Morgan fingerprint density at radius 1 is 1.33 bits per heavy atom. The van der Waals surface area contributed by atoms with Crippen molar-refractivity contribution >= 4 is 28.1 Å². The highest BCUT2D eigenvalue weighted by Gasteiger charge is 2.09. The van der Waals surface area contributed by atoms with Crippen molar-refractivity contribution in [3.63, 3.8) is 0 Å². The molecule has 0 bridgehead atoms. The van der Waals surface area contributed by atoms with Gasteiger partial charge in [0.25, 0.3) is 0 Å². The Labute approximate surface area is 127 Å². The molecule has 0 aliphatic carbocycles. The first kappa shape index (κ1) is 13.8. The van der Waals surface area contributed by atoms with Crippen molar-refractivity contribution < 1.29 is 4.79 Å². The molecule has 4 nitrogen and oxygen atoms in total. The minimum Gasteiger partial charge on any atom is -0.348 e. The van der Waals surface area contributed by atoms with E-state index in [2.05, 4.69) is 22.4 Å². The lowest BCUT2D eigenvalue weighted by Crippen LogP contribution is -2.27. The maximum atomic E-state index is 12.1. The Kier molecular flexibility index (Phi) is 3.75. The SMILES string of the molecule is Cc1csc(CNC(=O)Cn2c(C)cc3ccccc32)n1. The fourth-order valence-corrected chi connectivity index (χ4v) is 3.13. The molecule has 0 fully saturated rings. The molecule has 3 aromatic rings. The predicted molar refractivity (Wildman–Crippen MR) is 85.4 cm³/mol. The lowest BCUT2D eigenvalue weighted by atomic mass is 10.2. The number of aryl methyl sites for hydroxylation is 2. The second-order valence-corrected chi connectivity index (χ2v) is 6.03. The number of hydrogen-bond donors (Lipinski definition) is 1. The number of carbonyl (C=O) groups is 1. The van der Waals surface area contributed by atoms with E-state index < -0.39 is 0 Å². The van der Waals surface area contributed by atoms with E-state index in [0.717, 1.165) is 21.9 Å². The molecule has 3 rings (SSSR count). The van der Waals surface area contributed by atoms with E-state index >= 15 is 0 Å². The molecule has 0 aliphatic heterocycles. The first-order chi connectivity index (χ1) is 10.1. The lowest BCUT2D eigenvalue weighted by molar-refractivity contribution is -0.121. The van der Waals surface area contributed by atoms with Gasteiger partial charge in [-0.05, 0) is 31.4 Å². The van der Waals surface area contributed by atoms with Gasteiger partial charge >= 0.3 is 0 Å². The van der Waals surface area contributed by atoms with Gasteiger partial charge < -0.3 is 9.88 Å². The summed E-state index contributed by atoms with van der Waals surface area (Å²) in [4.78, 5) is 16.5.